The number of thioether (sulfide) groups is 1. The van der Waals surface area contributed by atoms with Crippen molar-refractivity contribution < 1.29 is 19.5 Å². The second kappa shape index (κ2) is 9.02. The Labute approximate surface area is 98.2 Å². The van der Waals surface area contributed by atoms with Crippen LogP contribution >= 0.6 is 11.8 Å². The Hall–Kier alpha value is -1.24. The van der Waals surface area contributed by atoms with Crippen LogP contribution in [0.2, 0.25) is 0 Å². The number of carboxylic acids is 1. The van der Waals surface area contributed by atoms with Gasteiger partial charge in [-0.3, -0.25) is 9.59 Å². The molecule has 0 aliphatic heterocycles. The number of carbonyl (C=O) groups is 3. The van der Waals surface area contributed by atoms with Crippen molar-refractivity contribution in [1.82, 2.24) is 10.6 Å². The predicted molar refractivity (Wildman–Crippen MR) is 61.2 cm³/mol. The van der Waals surface area contributed by atoms with Crippen LogP contribution in [0.4, 0.5) is 0 Å². The molecule has 0 aromatic carbocycles. The minimum atomic E-state index is -1.05. The molecule has 0 spiro atoms. The van der Waals surface area contributed by atoms with Crippen LogP contribution in [0.25, 0.3) is 0 Å². The van der Waals surface area contributed by atoms with Crippen LogP contribution in [0, 0.1) is 0 Å². The maximum atomic E-state index is 10.8. The molecule has 7 heteroatoms. The average molecular weight is 248 g/mol. The van der Waals surface area contributed by atoms with Crippen molar-refractivity contribution in [3.8, 4) is 0 Å². The second-order valence-corrected chi connectivity index (χ2v) is 4.18. The summed E-state index contributed by atoms with van der Waals surface area (Å²) in [5.74, 6) is -0.0770. The van der Waals surface area contributed by atoms with E-state index in [-0.39, 0.29) is 5.91 Å². The molecule has 0 heterocycles. The van der Waals surface area contributed by atoms with Crippen LogP contribution < -0.4 is 10.6 Å². The smallest absolute Gasteiger partial charge is 0.327 e. The van der Waals surface area contributed by atoms with Crippen molar-refractivity contribution >= 4 is 30.0 Å². The topological polar surface area (TPSA) is 95.5 Å². The largest absolute Gasteiger partial charge is 0.480 e. The molecule has 92 valence electrons. The molecule has 6 nitrogen and oxygen atoms in total. The van der Waals surface area contributed by atoms with Crippen LogP contribution in [0.1, 0.15) is 12.8 Å². The minimum Gasteiger partial charge on any atom is -0.480 e. The van der Waals surface area contributed by atoms with Crippen molar-refractivity contribution in [3.63, 3.8) is 0 Å². The predicted octanol–water partition coefficient (Wildman–Crippen LogP) is -0.555. The third-order valence-electron chi connectivity index (χ3n) is 1.82. The van der Waals surface area contributed by atoms with Crippen molar-refractivity contribution in [2.24, 2.45) is 0 Å². The van der Waals surface area contributed by atoms with E-state index in [1.165, 1.54) is 11.8 Å². The first-order chi connectivity index (χ1) is 7.61. The molecule has 0 radical (unpaired) electrons. The quantitative estimate of drug-likeness (QED) is 0.376. The number of amides is 2. The van der Waals surface area contributed by atoms with Gasteiger partial charge in [-0.05, 0) is 12.2 Å². The number of hydrogen-bond acceptors (Lipinski definition) is 4. The van der Waals surface area contributed by atoms with Crippen LogP contribution in [0.3, 0.4) is 0 Å². The molecule has 2 amide bonds. The molecule has 0 aromatic rings. The summed E-state index contributed by atoms with van der Waals surface area (Å²) in [6.07, 6.45) is 1.50. The fourth-order valence-corrected chi connectivity index (χ4v) is 1.92. The van der Waals surface area contributed by atoms with E-state index in [0.717, 1.165) is 0 Å². The number of nitrogens with one attached hydrogen (secondary N) is 2. The lowest BCUT2D eigenvalue weighted by Gasteiger charge is -2.10. The van der Waals surface area contributed by atoms with E-state index >= 15 is 0 Å². The van der Waals surface area contributed by atoms with E-state index in [2.05, 4.69) is 10.6 Å². The normalized spacial score (nSPS) is 11.6. The van der Waals surface area contributed by atoms with Crippen molar-refractivity contribution in [1.29, 1.82) is 0 Å². The van der Waals surface area contributed by atoms with Crippen molar-refractivity contribution in [2.45, 2.75) is 18.9 Å². The summed E-state index contributed by atoms with van der Waals surface area (Å²) < 4.78 is 0. The number of carboxylic acid groups (broad SMARTS) is 1. The highest BCUT2D eigenvalue weighted by Crippen LogP contribution is 2.06. The van der Waals surface area contributed by atoms with Crippen LogP contribution in [-0.4, -0.2) is 48.0 Å². The third kappa shape index (κ3) is 7.10. The molecule has 1 atom stereocenters. The van der Waals surface area contributed by atoms with Gasteiger partial charge in [-0.1, -0.05) is 0 Å². The fraction of sp³-hybridized carbons (Fsp3) is 0.667. The highest BCUT2D eigenvalue weighted by atomic mass is 32.2. The van der Waals surface area contributed by atoms with Gasteiger partial charge in [0.05, 0.1) is 0 Å². The lowest BCUT2D eigenvalue weighted by atomic mass is 10.3. The molecule has 0 saturated carbocycles. The zero-order chi connectivity index (χ0) is 12.4. The van der Waals surface area contributed by atoms with Crippen LogP contribution in [0.15, 0.2) is 0 Å². The molecule has 1 unspecified atom stereocenters. The van der Waals surface area contributed by atoms with Gasteiger partial charge in [0, 0.05) is 19.2 Å². The van der Waals surface area contributed by atoms with Crippen LogP contribution in [-0.2, 0) is 14.4 Å². The molecule has 0 aliphatic carbocycles. The average Bonchev–Trinajstić information content (AvgIpc) is 2.26. The Morgan fingerprint density at radius 2 is 2.19 bits per heavy atom. The van der Waals surface area contributed by atoms with E-state index in [4.69, 9.17) is 5.11 Å². The van der Waals surface area contributed by atoms with Gasteiger partial charge in [0.1, 0.15) is 6.04 Å². The summed E-state index contributed by atoms with van der Waals surface area (Å²) in [5.41, 5.74) is 0. The summed E-state index contributed by atoms with van der Waals surface area (Å²) in [6.45, 7) is 0. The van der Waals surface area contributed by atoms with Gasteiger partial charge in [0.25, 0.3) is 0 Å². The third-order valence-corrected chi connectivity index (χ3v) is 2.97. The number of carbonyl (C=O) groups excluding carboxylic acids is 2. The number of aliphatic carboxylic acids is 1. The second-order valence-electron chi connectivity index (χ2n) is 3.03. The molecule has 0 aliphatic rings. The molecular formula is C9H16N2O4S. The number of rotatable bonds is 9. The van der Waals surface area contributed by atoms with E-state index < -0.39 is 12.0 Å². The summed E-state index contributed by atoms with van der Waals surface area (Å²) in [4.78, 5) is 31.6. The Morgan fingerprint density at radius 3 is 2.69 bits per heavy atom. The van der Waals surface area contributed by atoms with Gasteiger partial charge in [-0.25, -0.2) is 4.79 Å². The van der Waals surface area contributed by atoms with Gasteiger partial charge in [0.2, 0.25) is 12.3 Å². The molecule has 16 heavy (non-hydrogen) atoms. The molecule has 0 fully saturated rings. The summed E-state index contributed by atoms with van der Waals surface area (Å²) in [7, 11) is 1.57. The van der Waals surface area contributed by atoms with E-state index in [9.17, 15) is 14.4 Å². The first-order valence-corrected chi connectivity index (χ1v) is 5.98. The lowest BCUT2D eigenvalue weighted by Crippen LogP contribution is -2.37. The van der Waals surface area contributed by atoms with Crippen molar-refractivity contribution in [3.05, 3.63) is 0 Å². The standard InChI is InChI=1S/C9H16N2O4S/c1-10-8(13)3-2-4-16-5-7(9(14)15)11-6-12/h6-7H,2-5H2,1H3,(H,10,13)(H,11,12)(H,14,15). The molecule has 0 aromatic heterocycles. The summed E-state index contributed by atoms with van der Waals surface area (Å²) in [6, 6.07) is -0.859. The lowest BCUT2D eigenvalue weighted by molar-refractivity contribution is -0.139. The number of hydrogen-bond donors (Lipinski definition) is 3. The Bertz CT molecular complexity index is 248. The van der Waals surface area contributed by atoms with Crippen LogP contribution in [0.5, 0.6) is 0 Å². The van der Waals surface area contributed by atoms with Gasteiger partial charge in [-0.2, -0.15) is 11.8 Å². The fourth-order valence-electron chi connectivity index (χ4n) is 0.934. The Morgan fingerprint density at radius 1 is 1.50 bits per heavy atom. The highest BCUT2D eigenvalue weighted by Gasteiger charge is 2.15. The molecule has 0 saturated heterocycles. The van der Waals surface area contributed by atoms with Crippen molar-refractivity contribution in [2.75, 3.05) is 18.6 Å². The van der Waals surface area contributed by atoms with E-state index in [1.54, 1.807) is 7.05 Å². The summed E-state index contributed by atoms with van der Waals surface area (Å²) in [5, 5.41) is 13.4. The monoisotopic (exact) mass is 248 g/mol. The van der Waals surface area contributed by atoms with E-state index in [1.807, 2.05) is 0 Å². The summed E-state index contributed by atoms with van der Waals surface area (Å²) >= 11 is 1.40. The molecule has 0 bridgehead atoms. The highest BCUT2D eigenvalue weighted by molar-refractivity contribution is 7.99. The molecule has 3 N–H and O–H groups in total. The Kier molecular flexibility index (Phi) is 8.32. The maximum absolute atomic E-state index is 10.8. The minimum absolute atomic E-state index is 0.0265. The zero-order valence-electron chi connectivity index (χ0n) is 9.06. The first-order valence-electron chi connectivity index (χ1n) is 4.82. The maximum Gasteiger partial charge on any atom is 0.327 e. The van der Waals surface area contributed by atoms with E-state index in [0.29, 0.717) is 30.8 Å². The van der Waals surface area contributed by atoms with Gasteiger partial charge in [0.15, 0.2) is 0 Å². The SMILES string of the molecule is CNC(=O)CCCSCC(NC=O)C(=O)O. The van der Waals surface area contributed by atoms with Gasteiger partial charge in [-0.15, -0.1) is 0 Å². The molecular weight excluding hydrogens is 232 g/mol. The Balaban J connectivity index is 3.58. The molecule has 0 rings (SSSR count). The zero-order valence-corrected chi connectivity index (χ0v) is 9.88. The van der Waals surface area contributed by atoms with Gasteiger partial charge < -0.3 is 15.7 Å². The first kappa shape index (κ1) is 14.8. The van der Waals surface area contributed by atoms with Gasteiger partial charge >= 0.3 is 5.97 Å².